The molecule has 1 aliphatic heterocycles. The van der Waals surface area contributed by atoms with E-state index in [0.29, 0.717) is 21.9 Å². The summed E-state index contributed by atoms with van der Waals surface area (Å²) in [4.78, 5) is 26.1. The lowest BCUT2D eigenvalue weighted by atomic mass is 10.1. The molecule has 0 bridgehead atoms. The highest BCUT2D eigenvalue weighted by atomic mass is 32.2. The molecule has 0 atom stereocenters. The first-order valence-corrected chi connectivity index (χ1v) is 8.80. The van der Waals surface area contributed by atoms with Gasteiger partial charge in [-0.25, -0.2) is 4.90 Å². The molecule has 6 nitrogen and oxygen atoms in total. The molecule has 124 valence electrons. The third-order valence-electron chi connectivity index (χ3n) is 4.16. The zero-order valence-corrected chi connectivity index (χ0v) is 13.5. The third-order valence-corrected chi connectivity index (χ3v) is 5.01. The zero-order valence-electron chi connectivity index (χ0n) is 12.7. The summed E-state index contributed by atoms with van der Waals surface area (Å²) in [6.45, 7) is 0. The highest BCUT2D eigenvalue weighted by Gasteiger charge is 2.37. The summed E-state index contributed by atoms with van der Waals surface area (Å²) in [6, 6.07) is 15.5. The number of hydrogen-bond acceptors (Lipinski definition) is 4. The van der Waals surface area contributed by atoms with E-state index >= 15 is 0 Å². The molecular weight excluding hydrogens is 342 g/mol. The van der Waals surface area contributed by atoms with Crippen molar-refractivity contribution in [3.63, 3.8) is 0 Å². The molecular formula is C18H11NO5S. The Kier molecular flexibility index (Phi) is 3.24. The third kappa shape index (κ3) is 2.33. The first kappa shape index (κ1) is 15.5. The van der Waals surface area contributed by atoms with Gasteiger partial charge in [-0.05, 0) is 35.7 Å². The van der Waals surface area contributed by atoms with E-state index in [1.165, 1.54) is 18.2 Å². The van der Waals surface area contributed by atoms with Crippen molar-refractivity contribution >= 4 is 38.4 Å². The van der Waals surface area contributed by atoms with Crippen molar-refractivity contribution in [3.8, 4) is 0 Å². The fourth-order valence-electron chi connectivity index (χ4n) is 3.00. The Bertz CT molecular complexity index is 1130. The standard InChI is InChI=1S/C18H11NO5S/c20-17-13-5-1-2-6-14(13)18(21)19(17)16-7-3-4-11-8-9-12(10-15(11)16)25(22,23)24/h1-10H,(H,22,23,24). The Balaban J connectivity index is 1.96. The molecule has 0 unspecified atom stereocenters. The number of carbonyl (C=O) groups is 2. The lowest BCUT2D eigenvalue weighted by molar-refractivity contribution is 0.0926. The summed E-state index contributed by atoms with van der Waals surface area (Å²) in [5.74, 6) is -0.935. The van der Waals surface area contributed by atoms with Crippen LogP contribution < -0.4 is 4.90 Å². The molecule has 0 spiro atoms. The Labute approximate surface area is 143 Å². The van der Waals surface area contributed by atoms with Gasteiger partial charge in [-0.2, -0.15) is 8.42 Å². The van der Waals surface area contributed by atoms with Crippen LogP contribution in [0.2, 0.25) is 0 Å². The van der Waals surface area contributed by atoms with Gasteiger partial charge in [0.25, 0.3) is 21.9 Å². The smallest absolute Gasteiger partial charge is 0.282 e. The average Bonchev–Trinajstić information content (AvgIpc) is 2.85. The van der Waals surface area contributed by atoms with Gasteiger partial charge in [0.05, 0.1) is 21.7 Å². The van der Waals surface area contributed by atoms with E-state index in [2.05, 4.69) is 0 Å². The molecule has 0 saturated carbocycles. The van der Waals surface area contributed by atoms with Crippen LogP contribution in [0.4, 0.5) is 5.69 Å². The van der Waals surface area contributed by atoms with Gasteiger partial charge in [0.2, 0.25) is 0 Å². The average molecular weight is 353 g/mol. The van der Waals surface area contributed by atoms with Crippen LogP contribution in [0.25, 0.3) is 10.8 Å². The van der Waals surface area contributed by atoms with Crippen LogP contribution >= 0.6 is 0 Å². The van der Waals surface area contributed by atoms with Crippen LogP contribution in [0.15, 0.2) is 65.6 Å². The molecule has 3 aromatic carbocycles. The second-order valence-electron chi connectivity index (χ2n) is 5.63. The van der Waals surface area contributed by atoms with Crippen LogP contribution in [-0.4, -0.2) is 24.8 Å². The number of hydrogen-bond donors (Lipinski definition) is 1. The minimum absolute atomic E-state index is 0.272. The molecule has 0 fully saturated rings. The minimum atomic E-state index is -4.40. The van der Waals surface area contributed by atoms with Gasteiger partial charge in [0.15, 0.2) is 0 Å². The predicted octanol–water partition coefficient (Wildman–Crippen LogP) is 2.89. The normalized spacial score (nSPS) is 14.2. The Hall–Kier alpha value is -3.03. The van der Waals surface area contributed by atoms with Crippen LogP contribution in [0, 0.1) is 0 Å². The van der Waals surface area contributed by atoms with Crippen molar-refractivity contribution in [2.75, 3.05) is 4.90 Å². The summed E-state index contributed by atoms with van der Waals surface area (Å²) < 4.78 is 32.1. The van der Waals surface area contributed by atoms with E-state index < -0.39 is 21.9 Å². The maximum Gasteiger partial charge on any atom is 0.294 e. The molecule has 0 radical (unpaired) electrons. The van der Waals surface area contributed by atoms with E-state index in [4.69, 9.17) is 0 Å². The molecule has 3 aromatic rings. The lowest BCUT2D eigenvalue weighted by Gasteiger charge is -2.17. The summed E-state index contributed by atoms with van der Waals surface area (Å²) in [6.07, 6.45) is 0. The molecule has 2 amide bonds. The van der Waals surface area contributed by atoms with E-state index in [1.807, 2.05) is 0 Å². The van der Waals surface area contributed by atoms with E-state index in [1.54, 1.807) is 42.5 Å². The van der Waals surface area contributed by atoms with Crippen molar-refractivity contribution < 1.29 is 22.6 Å². The predicted molar refractivity (Wildman–Crippen MR) is 91.3 cm³/mol. The Morgan fingerprint density at radius 1 is 0.800 bits per heavy atom. The van der Waals surface area contributed by atoms with Crippen LogP contribution in [0.3, 0.4) is 0 Å². The van der Waals surface area contributed by atoms with E-state index in [9.17, 15) is 22.6 Å². The van der Waals surface area contributed by atoms with Gasteiger partial charge in [-0.1, -0.05) is 30.3 Å². The number of amides is 2. The zero-order chi connectivity index (χ0) is 17.8. The minimum Gasteiger partial charge on any atom is -0.282 e. The molecule has 1 N–H and O–H groups in total. The Morgan fingerprint density at radius 3 is 2.04 bits per heavy atom. The topological polar surface area (TPSA) is 91.8 Å². The fourth-order valence-corrected chi connectivity index (χ4v) is 3.51. The maximum absolute atomic E-state index is 12.7. The molecule has 1 aliphatic rings. The van der Waals surface area contributed by atoms with E-state index in [0.717, 1.165) is 4.90 Å². The van der Waals surface area contributed by atoms with Crippen molar-refractivity contribution in [3.05, 3.63) is 71.8 Å². The van der Waals surface area contributed by atoms with Crippen molar-refractivity contribution in [1.29, 1.82) is 0 Å². The number of carbonyl (C=O) groups excluding carboxylic acids is 2. The molecule has 4 rings (SSSR count). The van der Waals surface area contributed by atoms with Crippen molar-refractivity contribution in [2.24, 2.45) is 0 Å². The van der Waals surface area contributed by atoms with Gasteiger partial charge in [0, 0.05) is 5.39 Å². The van der Waals surface area contributed by atoms with Gasteiger partial charge in [-0.15, -0.1) is 0 Å². The maximum atomic E-state index is 12.7. The number of benzene rings is 3. The molecule has 7 heteroatoms. The highest BCUT2D eigenvalue weighted by Crippen LogP contribution is 2.34. The Morgan fingerprint density at radius 2 is 1.44 bits per heavy atom. The molecule has 0 aromatic heterocycles. The summed E-state index contributed by atoms with van der Waals surface area (Å²) in [5, 5.41) is 1.02. The number of rotatable bonds is 2. The summed E-state index contributed by atoms with van der Waals surface area (Å²) in [7, 11) is -4.40. The lowest BCUT2D eigenvalue weighted by Crippen LogP contribution is -2.29. The number of imide groups is 1. The van der Waals surface area contributed by atoms with Crippen LogP contribution in [-0.2, 0) is 10.1 Å². The largest absolute Gasteiger partial charge is 0.294 e. The molecule has 1 heterocycles. The molecule has 0 saturated heterocycles. The highest BCUT2D eigenvalue weighted by molar-refractivity contribution is 7.85. The first-order chi connectivity index (χ1) is 11.9. The summed E-state index contributed by atoms with van der Waals surface area (Å²) >= 11 is 0. The van der Waals surface area contributed by atoms with Gasteiger partial charge in [-0.3, -0.25) is 14.1 Å². The molecule has 25 heavy (non-hydrogen) atoms. The van der Waals surface area contributed by atoms with Gasteiger partial charge >= 0.3 is 0 Å². The van der Waals surface area contributed by atoms with E-state index in [-0.39, 0.29) is 10.6 Å². The van der Waals surface area contributed by atoms with Crippen molar-refractivity contribution in [1.82, 2.24) is 0 Å². The van der Waals surface area contributed by atoms with Gasteiger partial charge in [0.1, 0.15) is 0 Å². The number of anilines is 1. The van der Waals surface area contributed by atoms with Crippen LogP contribution in [0.1, 0.15) is 20.7 Å². The molecule has 0 aliphatic carbocycles. The first-order valence-electron chi connectivity index (χ1n) is 7.36. The SMILES string of the molecule is O=C1c2ccccc2C(=O)N1c1cccc2ccc(S(=O)(=O)O)cc12. The monoisotopic (exact) mass is 353 g/mol. The second kappa shape index (κ2) is 5.23. The van der Waals surface area contributed by atoms with Crippen molar-refractivity contribution in [2.45, 2.75) is 4.90 Å². The number of fused-ring (bicyclic) bond motifs is 2. The quantitative estimate of drug-likeness (QED) is 0.565. The second-order valence-corrected chi connectivity index (χ2v) is 7.05. The fraction of sp³-hybridized carbons (Fsp3) is 0. The van der Waals surface area contributed by atoms with Crippen LogP contribution in [0.5, 0.6) is 0 Å². The number of nitrogens with zero attached hydrogens (tertiary/aromatic N) is 1. The summed E-state index contributed by atoms with van der Waals surface area (Å²) in [5.41, 5.74) is 0.875. The van der Waals surface area contributed by atoms with Gasteiger partial charge < -0.3 is 0 Å².